The molecule has 0 aliphatic heterocycles. The zero-order chi connectivity index (χ0) is 28.7. The number of anilines is 1. The highest BCUT2D eigenvalue weighted by Crippen LogP contribution is 2.28. The molecule has 0 unspecified atom stereocenters. The predicted octanol–water partition coefficient (Wildman–Crippen LogP) is 6.28. The van der Waals surface area contributed by atoms with E-state index in [2.05, 4.69) is 21.2 Å². The zero-order valence-electron chi connectivity index (χ0n) is 21.8. The first-order chi connectivity index (χ1) is 18.4. The van der Waals surface area contributed by atoms with Crippen molar-refractivity contribution in [2.75, 3.05) is 10.8 Å². The maximum Gasteiger partial charge on any atom is 0.264 e. The van der Waals surface area contributed by atoms with Crippen molar-refractivity contribution >= 4 is 66.7 Å². The fourth-order valence-electron chi connectivity index (χ4n) is 4.01. The minimum atomic E-state index is -4.14. The second-order valence-corrected chi connectivity index (χ2v) is 12.8. The number of carbonyl (C=O) groups is 2. The molecule has 0 aromatic heterocycles. The van der Waals surface area contributed by atoms with E-state index in [1.54, 1.807) is 67.6 Å². The maximum atomic E-state index is 14.0. The first-order valence-electron chi connectivity index (χ1n) is 12.3. The number of rotatable bonds is 11. The van der Waals surface area contributed by atoms with E-state index in [1.165, 1.54) is 17.0 Å². The molecule has 3 aromatic carbocycles. The molecule has 3 rings (SSSR count). The number of carbonyl (C=O) groups excluding carboxylic acids is 2. The van der Waals surface area contributed by atoms with E-state index in [0.717, 1.165) is 4.31 Å². The fourth-order valence-corrected chi connectivity index (χ4v) is 6.30. The summed E-state index contributed by atoms with van der Waals surface area (Å²) in [5.74, 6) is -0.905. The summed E-state index contributed by atoms with van der Waals surface area (Å²) < 4.78 is 29.3. The van der Waals surface area contributed by atoms with Gasteiger partial charge in [-0.15, -0.1) is 0 Å². The molecule has 3 aromatic rings. The number of halogens is 3. The molecular weight excluding hydrogens is 625 g/mol. The van der Waals surface area contributed by atoms with E-state index in [9.17, 15) is 18.0 Å². The van der Waals surface area contributed by atoms with Crippen LogP contribution in [0.3, 0.4) is 0 Å². The summed E-state index contributed by atoms with van der Waals surface area (Å²) in [7, 11) is -4.14. The van der Waals surface area contributed by atoms with E-state index in [0.29, 0.717) is 32.2 Å². The third kappa shape index (κ3) is 7.97. The lowest BCUT2D eigenvalue weighted by Crippen LogP contribution is -2.53. The topological polar surface area (TPSA) is 86.8 Å². The molecule has 2 amide bonds. The first kappa shape index (κ1) is 30.9. The Labute approximate surface area is 248 Å². The van der Waals surface area contributed by atoms with E-state index >= 15 is 0 Å². The van der Waals surface area contributed by atoms with Crippen molar-refractivity contribution in [2.45, 2.75) is 50.7 Å². The summed E-state index contributed by atoms with van der Waals surface area (Å²) in [6, 6.07) is 18.4. The summed E-state index contributed by atoms with van der Waals surface area (Å²) in [6.45, 7) is 4.89. The highest BCUT2D eigenvalue weighted by atomic mass is 79.9. The molecular formula is C28H30BrCl2N3O4S. The number of hydrogen-bond acceptors (Lipinski definition) is 4. The lowest BCUT2D eigenvalue weighted by Gasteiger charge is -2.33. The number of amides is 2. The Morgan fingerprint density at radius 1 is 0.974 bits per heavy atom. The molecule has 0 heterocycles. The van der Waals surface area contributed by atoms with Crippen molar-refractivity contribution in [3.63, 3.8) is 0 Å². The monoisotopic (exact) mass is 653 g/mol. The van der Waals surface area contributed by atoms with Crippen molar-refractivity contribution in [1.29, 1.82) is 0 Å². The SMILES string of the molecule is CC[C@H](C(=O)NC(C)C)N(Cc1ccc(Cl)cc1Cl)C(=O)CN(c1cccc(Br)c1)S(=O)(=O)c1ccccc1. The molecule has 39 heavy (non-hydrogen) atoms. The van der Waals surface area contributed by atoms with Crippen LogP contribution in [0.2, 0.25) is 10.0 Å². The Bertz CT molecular complexity index is 1420. The summed E-state index contributed by atoms with van der Waals surface area (Å²) in [5.41, 5.74) is 0.871. The van der Waals surface area contributed by atoms with Crippen LogP contribution < -0.4 is 9.62 Å². The summed E-state index contributed by atoms with van der Waals surface area (Å²) in [4.78, 5) is 28.6. The van der Waals surface area contributed by atoms with E-state index in [4.69, 9.17) is 23.2 Å². The molecule has 7 nitrogen and oxygen atoms in total. The Morgan fingerprint density at radius 2 is 1.67 bits per heavy atom. The van der Waals surface area contributed by atoms with Crippen LogP contribution in [0.5, 0.6) is 0 Å². The smallest absolute Gasteiger partial charge is 0.264 e. The van der Waals surface area contributed by atoms with Crippen molar-refractivity contribution in [2.24, 2.45) is 0 Å². The Hall–Kier alpha value is -2.59. The van der Waals surface area contributed by atoms with E-state index < -0.39 is 28.5 Å². The standard InChI is InChI=1S/C28H30BrCl2N3O4S/c1-4-26(28(36)32-19(2)3)33(17-20-13-14-22(30)16-25(20)31)27(35)18-34(23-10-8-9-21(29)15-23)39(37,38)24-11-6-5-7-12-24/h5-16,19,26H,4,17-18H2,1-3H3,(H,32,36)/t26-/m1/s1. The Balaban J connectivity index is 2.08. The van der Waals surface area contributed by atoms with Gasteiger partial charge in [-0.3, -0.25) is 13.9 Å². The zero-order valence-corrected chi connectivity index (χ0v) is 25.7. The van der Waals surface area contributed by atoms with Gasteiger partial charge in [0.1, 0.15) is 12.6 Å². The quantitative estimate of drug-likeness (QED) is 0.264. The molecule has 0 bridgehead atoms. The molecule has 1 N–H and O–H groups in total. The summed E-state index contributed by atoms with van der Waals surface area (Å²) >= 11 is 15.9. The molecule has 0 saturated carbocycles. The van der Waals surface area contributed by atoms with Crippen molar-refractivity contribution < 1.29 is 18.0 Å². The molecule has 1 atom stereocenters. The van der Waals surface area contributed by atoms with Crippen LogP contribution >= 0.6 is 39.1 Å². The average molecular weight is 655 g/mol. The van der Waals surface area contributed by atoms with Gasteiger partial charge in [-0.2, -0.15) is 0 Å². The van der Waals surface area contributed by atoms with Gasteiger partial charge in [0.05, 0.1) is 10.6 Å². The van der Waals surface area contributed by atoms with Crippen molar-refractivity contribution in [3.05, 3.63) is 92.9 Å². The summed E-state index contributed by atoms with van der Waals surface area (Å²) in [5, 5.41) is 3.63. The van der Waals surface area contributed by atoms with Crippen molar-refractivity contribution in [3.8, 4) is 0 Å². The maximum absolute atomic E-state index is 14.0. The van der Waals surface area contributed by atoms with Crippen LogP contribution in [0.1, 0.15) is 32.8 Å². The molecule has 0 aliphatic carbocycles. The number of hydrogen-bond donors (Lipinski definition) is 1. The lowest BCUT2D eigenvalue weighted by atomic mass is 10.1. The Morgan fingerprint density at radius 3 is 2.26 bits per heavy atom. The molecule has 0 saturated heterocycles. The molecule has 0 fully saturated rings. The molecule has 208 valence electrons. The molecule has 11 heteroatoms. The number of sulfonamides is 1. The van der Waals surface area contributed by atoms with Gasteiger partial charge < -0.3 is 10.2 Å². The van der Waals surface area contributed by atoms with Gasteiger partial charge in [0.2, 0.25) is 11.8 Å². The summed E-state index contributed by atoms with van der Waals surface area (Å²) in [6.07, 6.45) is 0.303. The molecule has 0 aliphatic rings. The fraction of sp³-hybridized carbons (Fsp3) is 0.286. The predicted molar refractivity (Wildman–Crippen MR) is 159 cm³/mol. The normalized spacial score (nSPS) is 12.2. The van der Waals surface area contributed by atoms with Crippen LogP contribution in [0, 0.1) is 0 Å². The van der Waals surface area contributed by atoms with Crippen LogP contribution in [-0.2, 0) is 26.2 Å². The van der Waals surface area contributed by atoms with Gasteiger partial charge in [0.15, 0.2) is 0 Å². The minimum Gasteiger partial charge on any atom is -0.352 e. The largest absolute Gasteiger partial charge is 0.352 e. The van der Waals surface area contributed by atoms with Crippen LogP contribution in [0.25, 0.3) is 0 Å². The highest BCUT2D eigenvalue weighted by Gasteiger charge is 2.34. The second kappa shape index (κ2) is 13.7. The second-order valence-electron chi connectivity index (χ2n) is 9.15. The van der Waals surface area contributed by atoms with Gasteiger partial charge >= 0.3 is 0 Å². The van der Waals surface area contributed by atoms with E-state index in [1.807, 2.05) is 13.8 Å². The lowest BCUT2D eigenvalue weighted by molar-refractivity contribution is -0.140. The highest BCUT2D eigenvalue weighted by molar-refractivity contribution is 9.10. The Kier molecular flexibility index (Phi) is 10.8. The van der Waals surface area contributed by atoms with Crippen LogP contribution in [0.4, 0.5) is 5.69 Å². The van der Waals surface area contributed by atoms with Gasteiger partial charge in [-0.25, -0.2) is 8.42 Å². The van der Waals surface area contributed by atoms with Crippen molar-refractivity contribution in [1.82, 2.24) is 10.2 Å². The number of nitrogens with one attached hydrogen (secondary N) is 1. The van der Waals surface area contributed by atoms with Gasteiger partial charge in [0, 0.05) is 27.1 Å². The third-order valence-corrected chi connectivity index (χ3v) is 8.75. The first-order valence-corrected chi connectivity index (χ1v) is 15.3. The van der Waals surface area contributed by atoms with Crippen LogP contribution in [0.15, 0.2) is 82.2 Å². The average Bonchev–Trinajstić information content (AvgIpc) is 2.88. The van der Waals surface area contributed by atoms with E-state index in [-0.39, 0.29) is 23.4 Å². The number of benzene rings is 3. The van der Waals surface area contributed by atoms with Crippen LogP contribution in [-0.4, -0.2) is 43.8 Å². The number of nitrogens with zero attached hydrogens (tertiary/aromatic N) is 2. The van der Waals surface area contributed by atoms with Gasteiger partial charge in [-0.1, -0.05) is 76.4 Å². The third-order valence-electron chi connectivity index (χ3n) is 5.88. The van der Waals surface area contributed by atoms with Gasteiger partial charge in [0.25, 0.3) is 10.0 Å². The van der Waals surface area contributed by atoms with Gasteiger partial charge in [-0.05, 0) is 68.3 Å². The minimum absolute atomic E-state index is 0.0173. The molecule has 0 radical (unpaired) electrons. The molecule has 0 spiro atoms.